The zero-order chi connectivity index (χ0) is 25.1. The third kappa shape index (κ3) is 5.78. The molecule has 5 N–H and O–H groups in total. The molecule has 1 unspecified atom stereocenters. The molecule has 35 heavy (non-hydrogen) atoms. The summed E-state index contributed by atoms with van der Waals surface area (Å²) < 4.78 is 0. The van der Waals surface area contributed by atoms with E-state index in [4.69, 9.17) is 16.2 Å². The highest BCUT2D eigenvalue weighted by atomic mass is 32.2. The number of rotatable bonds is 7. The number of aryl methyl sites for hydroxylation is 2. The summed E-state index contributed by atoms with van der Waals surface area (Å²) >= 11 is 1.64. The Morgan fingerprint density at radius 2 is 1.69 bits per heavy atom. The minimum atomic E-state index is -0.714. The van der Waals surface area contributed by atoms with Gasteiger partial charge >= 0.3 is 5.97 Å². The molecule has 0 spiro atoms. The van der Waals surface area contributed by atoms with E-state index in [0.717, 1.165) is 58.9 Å². The number of amides is 1. The molecule has 1 amide bonds. The third-order valence-electron chi connectivity index (χ3n) is 7.42. The number of aliphatic carboxylic acids is 1. The van der Waals surface area contributed by atoms with Gasteiger partial charge in [-0.25, -0.2) is 0 Å². The maximum absolute atomic E-state index is 12.7. The molecular weight excluding hydrogens is 458 g/mol. The Morgan fingerprint density at radius 1 is 1.03 bits per heavy atom. The van der Waals surface area contributed by atoms with Gasteiger partial charge in [0.15, 0.2) is 0 Å². The summed E-state index contributed by atoms with van der Waals surface area (Å²) in [5.41, 5.74) is 12.1. The van der Waals surface area contributed by atoms with Crippen molar-refractivity contribution in [2.75, 3.05) is 11.1 Å². The number of benzene rings is 2. The van der Waals surface area contributed by atoms with Crippen LogP contribution in [-0.4, -0.2) is 28.4 Å². The molecule has 0 radical (unpaired) electrons. The van der Waals surface area contributed by atoms with E-state index in [2.05, 4.69) is 5.32 Å². The first-order valence-corrected chi connectivity index (χ1v) is 13.1. The van der Waals surface area contributed by atoms with Crippen LogP contribution in [0.15, 0.2) is 53.1 Å². The van der Waals surface area contributed by atoms with Crippen LogP contribution in [0.4, 0.5) is 5.69 Å². The van der Waals surface area contributed by atoms with Crippen molar-refractivity contribution < 1.29 is 14.7 Å². The van der Waals surface area contributed by atoms with E-state index < -0.39 is 5.97 Å². The van der Waals surface area contributed by atoms with Crippen molar-refractivity contribution >= 4 is 35.0 Å². The second-order valence-electron chi connectivity index (χ2n) is 9.79. The number of hydrogen-bond acceptors (Lipinski definition) is 5. The maximum Gasteiger partial charge on any atom is 0.303 e. The summed E-state index contributed by atoms with van der Waals surface area (Å²) in [7, 11) is 0. The summed E-state index contributed by atoms with van der Waals surface area (Å²) in [5, 5.41) is 20.7. The zero-order valence-corrected chi connectivity index (χ0v) is 21.1. The lowest BCUT2D eigenvalue weighted by molar-refractivity contribution is -0.138. The SMILES string of the molecule is Cc1ccc(NC(=O)c2ccc(C(=N)C3=C(N)C(C4CCC(CC(=O)O)CC4)CS3)cc2)cc1C. The number of carboxylic acids is 1. The Labute approximate surface area is 210 Å². The number of carbonyl (C=O) groups is 2. The third-order valence-corrected chi connectivity index (χ3v) is 8.67. The first-order chi connectivity index (χ1) is 16.7. The number of allylic oxidation sites excluding steroid dienone is 2. The molecule has 2 aliphatic rings. The molecule has 2 aromatic rings. The number of nitrogens with one attached hydrogen (secondary N) is 2. The second-order valence-corrected chi connectivity index (χ2v) is 10.8. The van der Waals surface area contributed by atoms with Crippen LogP contribution < -0.4 is 11.1 Å². The van der Waals surface area contributed by atoms with Crippen LogP contribution in [0, 0.1) is 37.0 Å². The molecule has 1 saturated carbocycles. The van der Waals surface area contributed by atoms with Crippen molar-refractivity contribution in [3.8, 4) is 0 Å². The van der Waals surface area contributed by atoms with Crippen LogP contribution in [-0.2, 0) is 4.79 Å². The summed E-state index contributed by atoms with van der Waals surface area (Å²) in [4.78, 5) is 24.5. The average molecular weight is 492 g/mol. The van der Waals surface area contributed by atoms with Gasteiger partial charge in [-0.05, 0) is 86.8 Å². The molecule has 184 valence electrons. The van der Waals surface area contributed by atoms with Crippen LogP contribution in [0.3, 0.4) is 0 Å². The van der Waals surface area contributed by atoms with Gasteiger partial charge in [0.25, 0.3) is 5.91 Å². The Kier molecular flexibility index (Phi) is 7.65. The van der Waals surface area contributed by atoms with Gasteiger partial charge in [-0.1, -0.05) is 18.2 Å². The highest BCUT2D eigenvalue weighted by Gasteiger charge is 2.35. The normalized spacial score (nSPS) is 22.2. The summed E-state index contributed by atoms with van der Waals surface area (Å²) in [6, 6.07) is 13.0. The van der Waals surface area contributed by atoms with Crippen molar-refractivity contribution in [3.63, 3.8) is 0 Å². The van der Waals surface area contributed by atoms with Gasteiger partial charge in [0, 0.05) is 40.6 Å². The van der Waals surface area contributed by atoms with Crippen LogP contribution in [0.5, 0.6) is 0 Å². The first kappa shape index (κ1) is 25.0. The Balaban J connectivity index is 1.39. The molecule has 1 aliphatic heterocycles. The van der Waals surface area contributed by atoms with E-state index in [1.165, 1.54) is 5.56 Å². The predicted octanol–water partition coefficient (Wildman–Crippen LogP) is 5.74. The monoisotopic (exact) mass is 491 g/mol. The van der Waals surface area contributed by atoms with E-state index in [9.17, 15) is 9.59 Å². The lowest BCUT2D eigenvalue weighted by atomic mass is 9.74. The molecule has 1 aliphatic carbocycles. The topological polar surface area (TPSA) is 116 Å². The van der Waals surface area contributed by atoms with Crippen LogP contribution in [0.1, 0.15) is 59.2 Å². The quantitative estimate of drug-likeness (QED) is 0.369. The van der Waals surface area contributed by atoms with Crippen LogP contribution in [0.2, 0.25) is 0 Å². The highest BCUT2D eigenvalue weighted by Crippen LogP contribution is 2.44. The smallest absolute Gasteiger partial charge is 0.303 e. The summed E-state index contributed by atoms with van der Waals surface area (Å²) in [5.74, 6) is 0.937. The fourth-order valence-corrected chi connectivity index (χ4v) is 6.48. The molecule has 1 fully saturated rings. The zero-order valence-electron chi connectivity index (χ0n) is 20.3. The van der Waals surface area contributed by atoms with Crippen molar-refractivity contribution in [1.29, 1.82) is 5.41 Å². The van der Waals surface area contributed by atoms with Gasteiger partial charge in [-0.3, -0.25) is 15.0 Å². The molecule has 0 saturated heterocycles. The molecule has 1 atom stereocenters. The lowest BCUT2D eigenvalue weighted by Gasteiger charge is -2.31. The molecule has 0 aromatic heterocycles. The Bertz CT molecular complexity index is 1160. The van der Waals surface area contributed by atoms with Gasteiger partial charge in [0.1, 0.15) is 0 Å². The number of carbonyl (C=O) groups excluding carboxylic acids is 1. The van der Waals surface area contributed by atoms with E-state index in [1.54, 1.807) is 23.9 Å². The van der Waals surface area contributed by atoms with E-state index in [-0.39, 0.29) is 24.2 Å². The van der Waals surface area contributed by atoms with Gasteiger partial charge in [-0.2, -0.15) is 0 Å². The fourth-order valence-electron chi connectivity index (χ4n) is 5.10. The number of thioether (sulfide) groups is 1. The van der Waals surface area contributed by atoms with Gasteiger partial charge < -0.3 is 16.2 Å². The Morgan fingerprint density at radius 3 is 2.31 bits per heavy atom. The van der Waals surface area contributed by atoms with E-state index in [1.807, 2.05) is 44.2 Å². The lowest BCUT2D eigenvalue weighted by Crippen LogP contribution is -2.27. The molecule has 6 nitrogen and oxygen atoms in total. The van der Waals surface area contributed by atoms with Crippen molar-refractivity contribution in [3.05, 3.63) is 75.3 Å². The molecule has 0 bridgehead atoms. The highest BCUT2D eigenvalue weighted by molar-refractivity contribution is 8.04. The van der Waals surface area contributed by atoms with E-state index >= 15 is 0 Å². The number of hydrogen-bond donors (Lipinski definition) is 4. The maximum atomic E-state index is 12.7. The van der Waals surface area contributed by atoms with Crippen LogP contribution in [0.25, 0.3) is 0 Å². The number of anilines is 1. The van der Waals surface area contributed by atoms with Crippen LogP contribution >= 0.6 is 11.8 Å². The first-order valence-electron chi connectivity index (χ1n) is 12.1. The molecular formula is C28H33N3O3S. The second kappa shape index (κ2) is 10.7. The van der Waals surface area contributed by atoms with Crippen molar-refractivity contribution in [2.24, 2.45) is 23.5 Å². The fraction of sp³-hybridized carbons (Fsp3) is 0.393. The molecule has 2 aromatic carbocycles. The summed E-state index contributed by atoms with van der Waals surface area (Å²) in [6.45, 7) is 4.05. The average Bonchev–Trinajstić information content (AvgIpc) is 3.22. The summed E-state index contributed by atoms with van der Waals surface area (Å²) in [6.07, 6.45) is 4.11. The van der Waals surface area contributed by atoms with Gasteiger partial charge in [-0.15, -0.1) is 11.8 Å². The Hall–Kier alpha value is -3.06. The largest absolute Gasteiger partial charge is 0.481 e. The molecule has 4 rings (SSSR count). The minimum Gasteiger partial charge on any atom is -0.481 e. The van der Waals surface area contributed by atoms with Gasteiger partial charge in [0.05, 0.1) is 10.6 Å². The minimum absolute atomic E-state index is 0.182. The number of carboxylic acid groups (broad SMARTS) is 1. The van der Waals surface area contributed by atoms with E-state index in [0.29, 0.717) is 17.2 Å². The van der Waals surface area contributed by atoms with Gasteiger partial charge in [0.2, 0.25) is 0 Å². The molecule has 1 heterocycles. The standard InChI is InChI=1S/C28H33N3O3S/c1-16-3-12-22(13-17(16)2)31-28(34)21-10-8-20(9-11-21)25(29)27-26(30)23(15-35-27)19-6-4-18(5-7-19)14-24(32)33/h3,8-13,18-19,23,29H,4-7,14-15,30H2,1-2H3,(H,31,34)(H,32,33). The van der Waals surface area contributed by atoms with Crippen molar-refractivity contribution in [1.82, 2.24) is 0 Å². The number of nitrogens with two attached hydrogens (primary N) is 1. The predicted molar refractivity (Wildman–Crippen MR) is 142 cm³/mol. The molecule has 7 heteroatoms. The van der Waals surface area contributed by atoms with Crippen molar-refractivity contribution in [2.45, 2.75) is 46.0 Å².